The monoisotopic (exact) mass is 384 g/mol. The molecule has 4 nitrogen and oxygen atoms in total. The SMILES string of the molecule is CCn1c2ccccc2c2cc(CN3CCN(Cc4cccnc4)CC3)ccc21. The van der Waals surface area contributed by atoms with E-state index in [4.69, 9.17) is 0 Å². The molecule has 29 heavy (non-hydrogen) atoms. The van der Waals surface area contributed by atoms with E-state index >= 15 is 0 Å². The van der Waals surface area contributed by atoms with Crippen LogP contribution in [-0.2, 0) is 19.6 Å². The second-order valence-electron chi connectivity index (χ2n) is 8.03. The predicted octanol–water partition coefficient (Wildman–Crippen LogP) is 4.53. The number of aromatic nitrogens is 2. The molecule has 2 aromatic carbocycles. The van der Waals surface area contributed by atoms with Crippen LogP contribution < -0.4 is 0 Å². The van der Waals surface area contributed by atoms with Crippen molar-refractivity contribution in [3.63, 3.8) is 0 Å². The highest BCUT2D eigenvalue weighted by Crippen LogP contribution is 2.30. The first-order valence-corrected chi connectivity index (χ1v) is 10.7. The summed E-state index contributed by atoms with van der Waals surface area (Å²) < 4.78 is 2.42. The minimum absolute atomic E-state index is 1.00. The number of nitrogens with zero attached hydrogens (tertiary/aromatic N) is 4. The van der Waals surface area contributed by atoms with Crippen LogP contribution in [0, 0.1) is 0 Å². The number of rotatable bonds is 5. The molecule has 0 saturated carbocycles. The lowest BCUT2D eigenvalue weighted by Gasteiger charge is -2.34. The Morgan fingerprint density at radius 1 is 0.759 bits per heavy atom. The summed E-state index contributed by atoms with van der Waals surface area (Å²) in [4.78, 5) is 9.35. The lowest BCUT2D eigenvalue weighted by atomic mass is 10.1. The smallest absolute Gasteiger partial charge is 0.0491 e. The van der Waals surface area contributed by atoms with Gasteiger partial charge in [0.1, 0.15) is 0 Å². The highest BCUT2D eigenvalue weighted by Gasteiger charge is 2.18. The zero-order valence-corrected chi connectivity index (χ0v) is 17.1. The molecule has 148 valence electrons. The Labute approximate surface area is 172 Å². The number of piperazine rings is 1. The van der Waals surface area contributed by atoms with Gasteiger partial charge in [0.15, 0.2) is 0 Å². The molecule has 0 bridgehead atoms. The Balaban J connectivity index is 1.29. The third kappa shape index (κ3) is 3.66. The summed E-state index contributed by atoms with van der Waals surface area (Å²) in [6, 6.07) is 20.0. The van der Waals surface area contributed by atoms with E-state index in [1.807, 2.05) is 18.5 Å². The highest BCUT2D eigenvalue weighted by atomic mass is 15.3. The molecule has 2 aromatic heterocycles. The van der Waals surface area contributed by atoms with Crippen molar-refractivity contribution in [2.24, 2.45) is 0 Å². The molecule has 0 unspecified atom stereocenters. The number of pyridine rings is 1. The van der Waals surface area contributed by atoms with Crippen molar-refractivity contribution in [2.45, 2.75) is 26.6 Å². The lowest BCUT2D eigenvalue weighted by Crippen LogP contribution is -2.45. The largest absolute Gasteiger partial charge is 0.341 e. The summed E-state index contributed by atoms with van der Waals surface area (Å²) in [7, 11) is 0. The van der Waals surface area contributed by atoms with E-state index in [1.54, 1.807) is 0 Å². The predicted molar refractivity (Wildman–Crippen MR) is 120 cm³/mol. The molecule has 4 heteroatoms. The van der Waals surface area contributed by atoms with Gasteiger partial charge in [-0.3, -0.25) is 14.8 Å². The maximum absolute atomic E-state index is 4.24. The molecule has 0 N–H and O–H groups in total. The van der Waals surface area contributed by atoms with Crippen molar-refractivity contribution in [1.29, 1.82) is 0 Å². The van der Waals surface area contributed by atoms with E-state index in [2.05, 4.69) is 74.8 Å². The Morgan fingerprint density at radius 3 is 2.21 bits per heavy atom. The average Bonchev–Trinajstić information content (AvgIpc) is 3.09. The van der Waals surface area contributed by atoms with Gasteiger partial charge in [0.2, 0.25) is 0 Å². The number of hydrogen-bond donors (Lipinski definition) is 0. The van der Waals surface area contributed by atoms with Crippen molar-refractivity contribution >= 4 is 21.8 Å². The molecule has 3 heterocycles. The third-order valence-corrected chi connectivity index (χ3v) is 6.15. The van der Waals surface area contributed by atoms with Crippen LogP contribution >= 0.6 is 0 Å². The second kappa shape index (κ2) is 7.97. The van der Waals surface area contributed by atoms with Gasteiger partial charge in [-0.2, -0.15) is 0 Å². The number of hydrogen-bond acceptors (Lipinski definition) is 3. The summed E-state index contributed by atoms with van der Waals surface area (Å²) in [6.07, 6.45) is 3.82. The van der Waals surface area contributed by atoms with E-state index in [0.29, 0.717) is 0 Å². The third-order valence-electron chi connectivity index (χ3n) is 6.15. The molecule has 1 saturated heterocycles. The van der Waals surface area contributed by atoms with Crippen LogP contribution in [0.25, 0.3) is 21.8 Å². The van der Waals surface area contributed by atoms with E-state index in [9.17, 15) is 0 Å². The van der Waals surface area contributed by atoms with Gasteiger partial charge in [-0.05, 0) is 42.3 Å². The Hall–Kier alpha value is -2.69. The van der Waals surface area contributed by atoms with Gasteiger partial charge in [0, 0.05) is 80.0 Å². The van der Waals surface area contributed by atoms with Gasteiger partial charge in [-0.15, -0.1) is 0 Å². The van der Waals surface area contributed by atoms with Crippen molar-refractivity contribution in [2.75, 3.05) is 26.2 Å². The maximum Gasteiger partial charge on any atom is 0.0491 e. The van der Waals surface area contributed by atoms with Crippen LogP contribution in [0.3, 0.4) is 0 Å². The fraction of sp³-hybridized carbons (Fsp3) is 0.320. The molecule has 0 radical (unpaired) electrons. The normalized spacial score (nSPS) is 16.0. The van der Waals surface area contributed by atoms with Gasteiger partial charge >= 0.3 is 0 Å². The molecule has 1 aliphatic heterocycles. The molecule has 0 amide bonds. The maximum atomic E-state index is 4.24. The number of fused-ring (bicyclic) bond motifs is 3. The number of para-hydroxylation sites is 1. The summed E-state index contributed by atoms with van der Waals surface area (Å²) in [6.45, 7) is 9.74. The minimum atomic E-state index is 1.00. The van der Waals surface area contributed by atoms with E-state index in [-0.39, 0.29) is 0 Å². The molecule has 0 atom stereocenters. The Kier molecular flexibility index (Phi) is 5.04. The molecule has 4 aromatic rings. The van der Waals surface area contributed by atoms with Crippen molar-refractivity contribution in [1.82, 2.24) is 19.4 Å². The fourth-order valence-electron chi connectivity index (χ4n) is 4.65. The van der Waals surface area contributed by atoms with Crippen LogP contribution in [0.4, 0.5) is 0 Å². The summed E-state index contributed by atoms with van der Waals surface area (Å²) >= 11 is 0. The minimum Gasteiger partial charge on any atom is -0.341 e. The first-order chi connectivity index (χ1) is 14.3. The van der Waals surface area contributed by atoms with Gasteiger partial charge in [-0.1, -0.05) is 30.3 Å². The second-order valence-corrected chi connectivity index (χ2v) is 8.03. The van der Waals surface area contributed by atoms with Crippen molar-refractivity contribution in [3.05, 3.63) is 78.1 Å². The molecular weight excluding hydrogens is 356 g/mol. The van der Waals surface area contributed by atoms with E-state index in [1.165, 1.54) is 32.9 Å². The van der Waals surface area contributed by atoms with Gasteiger partial charge in [0.25, 0.3) is 0 Å². The van der Waals surface area contributed by atoms with Crippen molar-refractivity contribution in [3.8, 4) is 0 Å². The molecule has 0 aliphatic carbocycles. The zero-order chi connectivity index (χ0) is 19.6. The van der Waals surface area contributed by atoms with Gasteiger partial charge in [0.05, 0.1) is 0 Å². The van der Waals surface area contributed by atoms with Crippen LogP contribution in [0.5, 0.6) is 0 Å². The average molecular weight is 385 g/mol. The first kappa shape index (κ1) is 18.3. The van der Waals surface area contributed by atoms with Crippen molar-refractivity contribution < 1.29 is 0 Å². The molecule has 1 fully saturated rings. The van der Waals surface area contributed by atoms with Crippen LogP contribution in [0.2, 0.25) is 0 Å². The van der Waals surface area contributed by atoms with Crippen LogP contribution in [0.15, 0.2) is 67.0 Å². The number of benzene rings is 2. The van der Waals surface area contributed by atoms with Crippen LogP contribution in [-0.4, -0.2) is 45.5 Å². The molecule has 1 aliphatic rings. The van der Waals surface area contributed by atoms with Gasteiger partial charge < -0.3 is 4.57 Å². The highest BCUT2D eigenvalue weighted by molar-refractivity contribution is 6.08. The van der Waals surface area contributed by atoms with E-state index in [0.717, 1.165) is 45.8 Å². The fourth-order valence-corrected chi connectivity index (χ4v) is 4.65. The summed E-state index contributed by atoms with van der Waals surface area (Å²) in [5, 5.41) is 2.75. The Bertz CT molecular complexity index is 1110. The number of aryl methyl sites for hydroxylation is 1. The summed E-state index contributed by atoms with van der Waals surface area (Å²) in [5.41, 5.74) is 5.40. The molecule has 0 spiro atoms. The lowest BCUT2D eigenvalue weighted by molar-refractivity contribution is 0.122. The van der Waals surface area contributed by atoms with Gasteiger partial charge in [-0.25, -0.2) is 0 Å². The molecular formula is C25H28N4. The summed E-state index contributed by atoms with van der Waals surface area (Å²) in [5.74, 6) is 0. The Morgan fingerprint density at radius 2 is 1.48 bits per heavy atom. The standard InChI is InChI=1S/C25H28N4/c1-2-29-24-8-4-3-7-22(24)23-16-20(9-10-25(23)29)18-27-12-14-28(15-13-27)19-21-6-5-11-26-17-21/h3-11,16-17H,2,12-15,18-19H2,1H3. The van der Waals surface area contributed by atoms with E-state index < -0.39 is 0 Å². The zero-order valence-electron chi connectivity index (χ0n) is 17.1. The topological polar surface area (TPSA) is 24.3 Å². The first-order valence-electron chi connectivity index (χ1n) is 10.7. The molecule has 5 rings (SSSR count). The quantitative estimate of drug-likeness (QED) is 0.505. The van der Waals surface area contributed by atoms with Crippen LogP contribution in [0.1, 0.15) is 18.1 Å².